The monoisotopic (exact) mass is 511 g/mol. The van der Waals surface area contributed by atoms with Crippen molar-refractivity contribution < 1.29 is 33.1 Å². The van der Waals surface area contributed by atoms with Crippen LogP contribution >= 0.6 is 0 Å². The number of methoxy groups -OCH3 is 4. The van der Waals surface area contributed by atoms with Gasteiger partial charge in [0, 0.05) is 24.7 Å². The zero-order valence-electron chi connectivity index (χ0n) is 21.8. The van der Waals surface area contributed by atoms with E-state index < -0.39 is 0 Å². The van der Waals surface area contributed by atoms with Crippen LogP contribution < -0.4 is 24.3 Å². The third-order valence-electron chi connectivity index (χ3n) is 5.69. The van der Waals surface area contributed by atoms with Crippen molar-refractivity contribution in [3.05, 3.63) is 65.0 Å². The number of hydrogen-bond acceptors (Lipinski definition) is 8. The molecule has 2 aromatic carbocycles. The van der Waals surface area contributed by atoms with E-state index in [2.05, 4.69) is 10.5 Å². The molecule has 37 heavy (non-hydrogen) atoms. The summed E-state index contributed by atoms with van der Waals surface area (Å²) in [5, 5.41) is 6.73. The Morgan fingerprint density at radius 1 is 0.946 bits per heavy atom. The number of carbonyl (C=O) groups is 2. The number of nitrogens with zero attached hydrogens (tertiary/aromatic N) is 2. The summed E-state index contributed by atoms with van der Waals surface area (Å²) >= 11 is 0. The first-order valence-corrected chi connectivity index (χ1v) is 11.9. The molecule has 10 nitrogen and oxygen atoms in total. The van der Waals surface area contributed by atoms with Crippen LogP contribution in [0.15, 0.2) is 47.0 Å². The highest BCUT2D eigenvalue weighted by Crippen LogP contribution is 2.38. The van der Waals surface area contributed by atoms with Gasteiger partial charge in [0.25, 0.3) is 11.8 Å². The van der Waals surface area contributed by atoms with Crippen LogP contribution in [0, 0.1) is 0 Å². The van der Waals surface area contributed by atoms with Gasteiger partial charge in [-0.15, -0.1) is 0 Å². The van der Waals surface area contributed by atoms with Gasteiger partial charge in [0.2, 0.25) is 5.75 Å². The maximum atomic E-state index is 13.4. The maximum absolute atomic E-state index is 13.4. The van der Waals surface area contributed by atoms with Gasteiger partial charge in [-0.1, -0.05) is 24.2 Å². The van der Waals surface area contributed by atoms with E-state index in [9.17, 15) is 9.59 Å². The fraction of sp³-hybridized carbons (Fsp3) is 0.370. The molecular weight excluding hydrogens is 478 g/mol. The number of rotatable bonds is 13. The second-order valence-electron chi connectivity index (χ2n) is 8.17. The Hall–Kier alpha value is -4.21. The highest BCUT2D eigenvalue weighted by molar-refractivity contribution is 5.96. The lowest BCUT2D eigenvalue weighted by Crippen LogP contribution is -2.31. The van der Waals surface area contributed by atoms with Gasteiger partial charge in [0.05, 0.1) is 35.0 Å². The smallest absolute Gasteiger partial charge is 0.273 e. The predicted molar refractivity (Wildman–Crippen MR) is 137 cm³/mol. The van der Waals surface area contributed by atoms with Crippen LogP contribution in [0.5, 0.6) is 23.0 Å². The number of ether oxygens (including phenoxy) is 4. The quantitative estimate of drug-likeness (QED) is 0.369. The number of amides is 2. The molecule has 198 valence electrons. The SMILES string of the molecule is CCCN(Cc1cc(C(=O)NCCc2ccc(OC)cc2)no1)C(=O)c1cc(OC)c(OC)c(OC)c1. The average molecular weight is 512 g/mol. The molecule has 0 saturated carbocycles. The Balaban J connectivity index is 1.65. The molecule has 0 aliphatic carbocycles. The number of aromatic nitrogens is 1. The standard InChI is InChI=1S/C27H33N3O7/c1-6-13-30(27(32)19-14-23(34-3)25(36-5)24(15-19)35-4)17-21-16-22(29-37-21)26(31)28-12-11-18-7-9-20(33-2)10-8-18/h7-10,14-16H,6,11-13,17H2,1-5H3,(H,28,31). The van der Waals surface area contributed by atoms with Crippen LogP contribution in [-0.2, 0) is 13.0 Å². The molecule has 0 unspecified atom stereocenters. The van der Waals surface area contributed by atoms with Gasteiger partial charge >= 0.3 is 0 Å². The van der Waals surface area contributed by atoms with Gasteiger partial charge in [-0.25, -0.2) is 0 Å². The fourth-order valence-electron chi connectivity index (χ4n) is 3.80. The van der Waals surface area contributed by atoms with Gasteiger partial charge in [0.1, 0.15) is 5.75 Å². The molecule has 1 aromatic heterocycles. The molecule has 3 rings (SSSR count). The molecule has 0 radical (unpaired) electrons. The molecule has 0 fully saturated rings. The van der Waals surface area contributed by atoms with E-state index in [0.29, 0.717) is 48.1 Å². The van der Waals surface area contributed by atoms with E-state index in [1.165, 1.54) is 21.3 Å². The Bertz CT molecular complexity index is 1170. The van der Waals surface area contributed by atoms with Crippen LogP contribution in [0.25, 0.3) is 0 Å². The molecule has 1 heterocycles. The summed E-state index contributed by atoms with van der Waals surface area (Å²) in [6.45, 7) is 3.03. The van der Waals surface area contributed by atoms with Crippen molar-refractivity contribution in [1.82, 2.24) is 15.4 Å². The van der Waals surface area contributed by atoms with E-state index in [4.69, 9.17) is 23.5 Å². The van der Waals surface area contributed by atoms with E-state index in [0.717, 1.165) is 17.7 Å². The van der Waals surface area contributed by atoms with Gasteiger partial charge in [0.15, 0.2) is 23.0 Å². The summed E-state index contributed by atoms with van der Waals surface area (Å²) in [4.78, 5) is 27.5. The first kappa shape index (κ1) is 27.4. The fourth-order valence-corrected chi connectivity index (χ4v) is 3.80. The normalized spacial score (nSPS) is 10.5. The summed E-state index contributed by atoms with van der Waals surface area (Å²) in [7, 11) is 6.11. The summed E-state index contributed by atoms with van der Waals surface area (Å²) < 4.78 is 26.6. The minimum absolute atomic E-state index is 0.148. The lowest BCUT2D eigenvalue weighted by Gasteiger charge is -2.22. The summed E-state index contributed by atoms with van der Waals surface area (Å²) in [5.41, 5.74) is 1.60. The highest BCUT2D eigenvalue weighted by atomic mass is 16.5. The molecule has 0 saturated heterocycles. The van der Waals surface area contributed by atoms with E-state index in [1.54, 1.807) is 30.2 Å². The topological polar surface area (TPSA) is 112 Å². The maximum Gasteiger partial charge on any atom is 0.273 e. The van der Waals surface area contributed by atoms with Crippen LogP contribution in [0.4, 0.5) is 0 Å². The average Bonchev–Trinajstić information content (AvgIpc) is 3.40. The second kappa shape index (κ2) is 13.2. The third kappa shape index (κ3) is 6.93. The third-order valence-corrected chi connectivity index (χ3v) is 5.69. The minimum Gasteiger partial charge on any atom is -0.497 e. The molecule has 0 bridgehead atoms. The number of carbonyl (C=O) groups excluding carboxylic acids is 2. The van der Waals surface area contributed by atoms with Gasteiger partial charge < -0.3 is 33.7 Å². The molecule has 2 amide bonds. The number of nitrogens with one attached hydrogen (secondary N) is 1. The predicted octanol–water partition coefficient (Wildman–Crippen LogP) is 3.73. The summed E-state index contributed by atoms with van der Waals surface area (Å²) in [6.07, 6.45) is 1.39. The van der Waals surface area contributed by atoms with Crippen molar-refractivity contribution in [2.45, 2.75) is 26.3 Å². The van der Waals surface area contributed by atoms with Gasteiger partial charge in [-0.3, -0.25) is 9.59 Å². The molecule has 0 spiro atoms. The van der Waals surface area contributed by atoms with E-state index in [1.807, 2.05) is 31.2 Å². The van der Waals surface area contributed by atoms with Crippen LogP contribution in [0.1, 0.15) is 45.5 Å². The largest absolute Gasteiger partial charge is 0.497 e. The molecule has 1 N–H and O–H groups in total. The van der Waals surface area contributed by atoms with E-state index >= 15 is 0 Å². The molecule has 0 aliphatic heterocycles. The van der Waals surface area contributed by atoms with Crippen molar-refractivity contribution in [1.29, 1.82) is 0 Å². The van der Waals surface area contributed by atoms with Crippen molar-refractivity contribution >= 4 is 11.8 Å². The zero-order chi connectivity index (χ0) is 26.8. The summed E-state index contributed by atoms with van der Waals surface area (Å²) in [5.74, 6) is 1.76. The van der Waals surface area contributed by atoms with Crippen LogP contribution in [0.3, 0.4) is 0 Å². The Labute approximate surface area is 216 Å². The molecule has 10 heteroatoms. The van der Waals surface area contributed by atoms with Crippen LogP contribution in [-0.4, -0.2) is 63.4 Å². The van der Waals surface area contributed by atoms with Crippen molar-refractivity contribution in [2.24, 2.45) is 0 Å². The summed E-state index contributed by atoms with van der Waals surface area (Å²) in [6, 6.07) is 12.4. The molecule has 3 aromatic rings. The lowest BCUT2D eigenvalue weighted by molar-refractivity contribution is 0.0726. The van der Waals surface area contributed by atoms with Crippen molar-refractivity contribution in [2.75, 3.05) is 41.5 Å². The van der Waals surface area contributed by atoms with Crippen molar-refractivity contribution in [3.63, 3.8) is 0 Å². The van der Waals surface area contributed by atoms with Crippen LogP contribution in [0.2, 0.25) is 0 Å². The first-order valence-electron chi connectivity index (χ1n) is 11.9. The van der Waals surface area contributed by atoms with Gasteiger partial charge in [-0.05, 0) is 42.7 Å². The highest BCUT2D eigenvalue weighted by Gasteiger charge is 2.23. The minimum atomic E-state index is -0.346. The number of benzene rings is 2. The first-order chi connectivity index (χ1) is 17.9. The Morgan fingerprint density at radius 3 is 2.19 bits per heavy atom. The number of hydrogen-bond donors (Lipinski definition) is 1. The Morgan fingerprint density at radius 2 is 1.62 bits per heavy atom. The Kier molecular flexibility index (Phi) is 9.76. The lowest BCUT2D eigenvalue weighted by atomic mass is 10.1. The molecule has 0 aliphatic rings. The van der Waals surface area contributed by atoms with Crippen molar-refractivity contribution in [3.8, 4) is 23.0 Å². The van der Waals surface area contributed by atoms with Gasteiger partial charge in [-0.2, -0.15) is 0 Å². The zero-order valence-corrected chi connectivity index (χ0v) is 21.8. The molecular formula is C27H33N3O7. The molecule has 0 atom stereocenters. The second-order valence-corrected chi connectivity index (χ2v) is 8.17. The van der Waals surface area contributed by atoms with E-state index in [-0.39, 0.29) is 24.1 Å².